The van der Waals surface area contributed by atoms with Crippen molar-refractivity contribution in [3.63, 3.8) is 0 Å². The molecule has 0 radical (unpaired) electrons. The predicted molar refractivity (Wildman–Crippen MR) is 98.6 cm³/mol. The second-order valence-corrected chi connectivity index (χ2v) is 6.74. The Kier molecular flexibility index (Phi) is 4.19. The Labute approximate surface area is 158 Å². The van der Waals surface area contributed by atoms with Gasteiger partial charge >= 0.3 is 0 Å². The summed E-state index contributed by atoms with van der Waals surface area (Å²) in [6.45, 7) is 0.206. The van der Waals surface area contributed by atoms with Gasteiger partial charge in [-0.2, -0.15) is 0 Å². The summed E-state index contributed by atoms with van der Waals surface area (Å²) in [6, 6.07) is 8.06. The molecule has 2 N–H and O–H groups in total. The Balaban J connectivity index is 1.74. The Hall–Kier alpha value is -2.02. The third-order valence-corrected chi connectivity index (χ3v) is 4.75. The van der Waals surface area contributed by atoms with E-state index in [4.69, 9.17) is 44.9 Å². The normalized spacial score (nSPS) is 18.4. The highest BCUT2D eigenvalue weighted by Crippen LogP contribution is 2.36. The monoisotopic (exact) mass is 396 g/mol. The second kappa shape index (κ2) is 6.37. The average molecular weight is 397 g/mol. The van der Waals surface area contributed by atoms with Crippen LogP contribution < -0.4 is 20.1 Å². The van der Waals surface area contributed by atoms with E-state index in [0.29, 0.717) is 32.9 Å². The molecule has 0 saturated carbocycles. The number of nitrogens with one attached hydrogen (secondary N) is 2. The van der Waals surface area contributed by atoms with Crippen molar-refractivity contribution in [1.29, 1.82) is 0 Å². The molecule has 128 valence electrons. The Morgan fingerprint density at radius 1 is 1.08 bits per heavy atom. The van der Waals surface area contributed by atoms with E-state index in [0.717, 1.165) is 5.56 Å². The highest BCUT2D eigenvalue weighted by atomic mass is 35.5. The number of ether oxygens (including phenoxy) is 2. The lowest BCUT2D eigenvalue weighted by molar-refractivity contribution is 0.174. The van der Waals surface area contributed by atoms with Crippen LogP contribution in [0, 0.1) is 5.82 Å². The van der Waals surface area contributed by atoms with Gasteiger partial charge in [-0.25, -0.2) is 4.39 Å². The molecular weight excluding hydrogens is 386 g/mol. The summed E-state index contributed by atoms with van der Waals surface area (Å²) in [5, 5.41) is 6.87. The summed E-state index contributed by atoms with van der Waals surface area (Å²) >= 11 is 17.3. The molecule has 8 heteroatoms. The fourth-order valence-electron chi connectivity index (χ4n) is 2.72. The molecule has 4 nitrogen and oxygen atoms in total. The first-order chi connectivity index (χ1) is 12.0. The summed E-state index contributed by atoms with van der Waals surface area (Å²) in [7, 11) is 0. The van der Waals surface area contributed by atoms with Gasteiger partial charge < -0.3 is 20.1 Å². The third-order valence-electron chi connectivity index (χ3n) is 3.92. The number of rotatable bonds is 2. The van der Waals surface area contributed by atoms with Crippen molar-refractivity contribution in [3.8, 4) is 11.5 Å². The molecule has 4 rings (SSSR count). The van der Waals surface area contributed by atoms with Crippen molar-refractivity contribution in [2.45, 2.75) is 6.04 Å². The molecule has 0 unspecified atom stereocenters. The van der Waals surface area contributed by atoms with E-state index in [9.17, 15) is 4.39 Å². The summed E-state index contributed by atoms with van der Waals surface area (Å²) in [5.41, 5.74) is 2.02. The van der Waals surface area contributed by atoms with E-state index in [2.05, 4.69) is 10.6 Å². The molecule has 0 spiro atoms. The minimum Gasteiger partial charge on any atom is -0.454 e. The van der Waals surface area contributed by atoms with Crippen LogP contribution in [0.15, 0.2) is 36.4 Å². The Morgan fingerprint density at radius 2 is 1.88 bits per heavy atom. The molecule has 0 fully saturated rings. The maximum atomic E-state index is 13.9. The van der Waals surface area contributed by atoms with Crippen LogP contribution in [0.3, 0.4) is 0 Å². The van der Waals surface area contributed by atoms with Crippen LogP contribution in [0.25, 0.3) is 5.70 Å². The van der Waals surface area contributed by atoms with Crippen LogP contribution in [0.5, 0.6) is 11.5 Å². The van der Waals surface area contributed by atoms with Gasteiger partial charge in [0.2, 0.25) is 6.79 Å². The number of fused-ring (bicyclic) bond motifs is 1. The predicted octanol–water partition coefficient (Wildman–Crippen LogP) is 4.42. The van der Waals surface area contributed by atoms with Crippen molar-refractivity contribution in [2.75, 3.05) is 6.79 Å². The molecule has 2 aliphatic heterocycles. The van der Waals surface area contributed by atoms with Gasteiger partial charge in [-0.05, 0) is 48.1 Å². The molecule has 2 heterocycles. The molecule has 2 aromatic carbocycles. The number of halogens is 3. The first-order valence-electron chi connectivity index (χ1n) is 7.35. The lowest BCUT2D eigenvalue weighted by Gasteiger charge is -2.27. The van der Waals surface area contributed by atoms with E-state index in [1.165, 1.54) is 12.1 Å². The van der Waals surface area contributed by atoms with Gasteiger partial charge in [-0.1, -0.05) is 29.3 Å². The summed E-state index contributed by atoms with van der Waals surface area (Å²) in [4.78, 5) is 0. The minimum absolute atomic E-state index is 0.0295. The van der Waals surface area contributed by atoms with Crippen LogP contribution in [-0.2, 0) is 0 Å². The lowest BCUT2D eigenvalue weighted by atomic mass is 10.0. The van der Waals surface area contributed by atoms with E-state index >= 15 is 0 Å². The fraction of sp³-hybridized carbons (Fsp3) is 0.118. The minimum atomic E-state index is -0.548. The van der Waals surface area contributed by atoms with Crippen molar-refractivity contribution in [1.82, 2.24) is 10.6 Å². The average Bonchev–Trinajstić information content (AvgIpc) is 3.05. The third kappa shape index (κ3) is 3.13. The van der Waals surface area contributed by atoms with Crippen LogP contribution in [0.2, 0.25) is 10.0 Å². The van der Waals surface area contributed by atoms with Crippen molar-refractivity contribution >= 4 is 46.2 Å². The zero-order valence-corrected chi connectivity index (χ0v) is 14.9. The number of hydrogen-bond donors (Lipinski definition) is 2. The van der Waals surface area contributed by atoms with Gasteiger partial charge in [0, 0.05) is 11.3 Å². The largest absolute Gasteiger partial charge is 0.454 e. The van der Waals surface area contributed by atoms with Crippen LogP contribution in [0.4, 0.5) is 4.39 Å². The summed E-state index contributed by atoms with van der Waals surface area (Å²) in [5.74, 6) is 0.828. The highest BCUT2D eigenvalue weighted by molar-refractivity contribution is 7.80. The first kappa shape index (κ1) is 16.4. The zero-order valence-electron chi connectivity index (χ0n) is 12.6. The van der Waals surface area contributed by atoms with E-state index in [-0.39, 0.29) is 17.9 Å². The quantitative estimate of drug-likeness (QED) is 0.580. The number of hydrogen-bond acceptors (Lipinski definition) is 3. The molecule has 0 bridgehead atoms. The van der Waals surface area contributed by atoms with Crippen LogP contribution in [0.1, 0.15) is 17.2 Å². The van der Waals surface area contributed by atoms with Crippen LogP contribution in [-0.4, -0.2) is 11.9 Å². The summed E-state index contributed by atoms with van der Waals surface area (Å²) < 4.78 is 24.6. The van der Waals surface area contributed by atoms with E-state index in [1.54, 1.807) is 0 Å². The molecule has 0 aromatic heterocycles. The number of benzene rings is 2. The molecule has 2 aliphatic rings. The van der Waals surface area contributed by atoms with Gasteiger partial charge in [0.25, 0.3) is 0 Å². The Bertz CT molecular complexity index is 920. The van der Waals surface area contributed by atoms with Gasteiger partial charge in [0.1, 0.15) is 5.82 Å². The van der Waals surface area contributed by atoms with Crippen molar-refractivity contribution in [3.05, 3.63) is 63.4 Å². The lowest BCUT2D eigenvalue weighted by Crippen LogP contribution is -2.40. The fourth-order valence-corrected chi connectivity index (χ4v) is 3.44. The zero-order chi connectivity index (χ0) is 17.6. The first-order valence-corrected chi connectivity index (χ1v) is 8.51. The molecule has 0 amide bonds. The SMILES string of the molecule is Fc1cc(C2=C[C@H](c3ccc4c(c3)OCO4)NC(=S)N2)c(Cl)cc1Cl. The molecule has 25 heavy (non-hydrogen) atoms. The van der Waals surface area contributed by atoms with Crippen LogP contribution >= 0.6 is 35.4 Å². The number of thiocarbonyl (C=S) groups is 1. The second-order valence-electron chi connectivity index (χ2n) is 5.52. The van der Waals surface area contributed by atoms with Gasteiger partial charge in [0.05, 0.1) is 16.1 Å². The summed E-state index contributed by atoms with van der Waals surface area (Å²) in [6.07, 6.45) is 1.88. The molecule has 0 aliphatic carbocycles. The van der Waals surface area contributed by atoms with E-state index in [1.807, 2.05) is 24.3 Å². The maximum absolute atomic E-state index is 13.9. The van der Waals surface area contributed by atoms with Gasteiger partial charge in [0.15, 0.2) is 16.6 Å². The molecule has 1 atom stereocenters. The maximum Gasteiger partial charge on any atom is 0.231 e. The van der Waals surface area contributed by atoms with Crippen molar-refractivity contribution < 1.29 is 13.9 Å². The topological polar surface area (TPSA) is 42.5 Å². The highest BCUT2D eigenvalue weighted by Gasteiger charge is 2.23. The molecular formula is C17H11Cl2FN2O2S. The van der Waals surface area contributed by atoms with Crippen molar-refractivity contribution in [2.24, 2.45) is 0 Å². The molecule has 2 aromatic rings. The van der Waals surface area contributed by atoms with Gasteiger partial charge in [-0.3, -0.25) is 0 Å². The standard InChI is InChI=1S/C17H11Cl2FN2O2S/c18-10-5-11(19)12(20)4-9(10)14-6-13(21-17(25)22-14)8-1-2-15-16(3-8)24-7-23-15/h1-6,13H,7H2,(H2,21,22,25)/t13-/m1/s1. The Morgan fingerprint density at radius 3 is 2.72 bits per heavy atom. The smallest absolute Gasteiger partial charge is 0.231 e. The molecule has 0 saturated heterocycles. The van der Waals surface area contributed by atoms with E-state index < -0.39 is 5.82 Å². The van der Waals surface area contributed by atoms with Gasteiger partial charge in [-0.15, -0.1) is 0 Å².